The minimum absolute atomic E-state index is 0.0325. The summed E-state index contributed by atoms with van der Waals surface area (Å²) in [7, 11) is 0. The molecule has 0 heterocycles. The number of rotatable bonds is 7. The van der Waals surface area contributed by atoms with Gasteiger partial charge in [-0.2, -0.15) is 0 Å². The smallest absolute Gasteiger partial charge is 0.306 e. The summed E-state index contributed by atoms with van der Waals surface area (Å²) in [6.45, 7) is 5.85. The highest BCUT2D eigenvalue weighted by molar-refractivity contribution is 5.89. The summed E-state index contributed by atoms with van der Waals surface area (Å²) in [6.07, 6.45) is 1.95. The second kappa shape index (κ2) is 6.56. The van der Waals surface area contributed by atoms with Crippen LogP contribution in [0.5, 0.6) is 0 Å². The minimum Gasteiger partial charge on any atom is -0.466 e. The molecule has 0 aliphatic heterocycles. The first-order valence-electron chi connectivity index (χ1n) is 5.33. The van der Waals surface area contributed by atoms with Crippen LogP contribution in [0, 0.1) is 5.41 Å². The number of ether oxygens (including phenoxy) is 1. The van der Waals surface area contributed by atoms with Crippen molar-refractivity contribution in [3.05, 3.63) is 0 Å². The summed E-state index contributed by atoms with van der Waals surface area (Å²) in [5.74, 6) is -0.440. The Morgan fingerprint density at radius 1 is 1.33 bits per heavy atom. The molecule has 0 aromatic carbocycles. The van der Waals surface area contributed by atoms with Crippen molar-refractivity contribution < 1.29 is 14.3 Å². The van der Waals surface area contributed by atoms with Gasteiger partial charge in [0.05, 0.1) is 19.6 Å². The van der Waals surface area contributed by atoms with Crippen molar-refractivity contribution in [2.24, 2.45) is 11.1 Å². The monoisotopic (exact) mass is 215 g/mol. The molecule has 0 aliphatic carbocycles. The van der Waals surface area contributed by atoms with Crippen LogP contribution in [-0.4, -0.2) is 24.9 Å². The van der Waals surface area contributed by atoms with E-state index in [1.54, 1.807) is 13.8 Å². The molecule has 2 N–H and O–H groups in total. The summed E-state index contributed by atoms with van der Waals surface area (Å²) >= 11 is 0. The molecule has 0 fully saturated rings. The lowest BCUT2D eigenvalue weighted by atomic mass is 9.84. The molecule has 15 heavy (non-hydrogen) atoms. The molecule has 0 amide bonds. The highest BCUT2D eigenvalue weighted by Crippen LogP contribution is 2.21. The first-order chi connectivity index (χ1) is 6.94. The van der Waals surface area contributed by atoms with Crippen molar-refractivity contribution >= 4 is 11.8 Å². The highest BCUT2D eigenvalue weighted by atomic mass is 16.5. The van der Waals surface area contributed by atoms with E-state index in [2.05, 4.69) is 0 Å². The van der Waals surface area contributed by atoms with E-state index in [1.807, 2.05) is 6.92 Å². The van der Waals surface area contributed by atoms with Crippen LogP contribution >= 0.6 is 0 Å². The van der Waals surface area contributed by atoms with Gasteiger partial charge in [0.25, 0.3) is 0 Å². The van der Waals surface area contributed by atoms with E-state index >= 15 is 0 Å². The summed E-state index contributed by atoms with van der Waals surface area (Å²) in [4.78, 5) is 22.7. The second-order valence-electron chi connectivity index (χ2n) is 4.26. The average Bonchev–Trinajstić information content (AvgIpc) is 2.16. The molecule has 0 spiro atoms. The van der Waals surface area contributed by atoms with Crippen molar-refractivity contribution in [1.82, 2.24) is 0 Å². The predicted octanol–water partition coefficient (Wildman–Crippen LogP) is 1.27. The maximum absolute atomic E-state index is 11.4. The summed E-state index contributed by atoms with van der Waals surface area (Å²) in [5.41, 5.74) is 4.54. The van der Waals surface area contributed by atoms with Crippen molar-refractivity contribution in [3.63, 3.8) is 0 Å². The number of Topliss-reactive ketones (excluding diaryl/α,β-unsaturated/α-hetero) is 1. The third-order valence-electron chi connectivity index (χ3n) is 2.29. The lowest BCUT2D eigenvalue weighted by molar-refractivity contribution is -0.148. The van der Waals surface area contributed by atoms with Crippen molar-refractivity contribution in [2.45, 2.75) is 40.0 Å². The van der Waals surface area contributed by atoms with E-state index < -0.39 is 5.41 Å². The van der Waals surface area contributed by atoms with E-state index in [0.29, 0.717) is 6.61 Å². The first kappa shape index (κ1) is 14.1. The Bertz CT molecular complexity index is 224. The van der Waals surface area contributed by atoms with E-state index in [-0.39, 0.29) is 24.7 Å². The van der Waals surface area contributed by atoms with Crippen LogP contribution in [0.15, 0.2) is 0 Å². The van der Waals surface area contributed by atoms with Crippen molar-refractivity contribution in [1.29, 1.82) is 0 Å². The van der Waals surface area contributed by atoms with Gasteiger partial charge in [-0.15, -0.1) is 0 Å². The average molecular weight is 215 g/mol. The number of hydrogen-bond acceptors (Lipinski definition) is 4. The Kier molecular flexibility index (Phi) is 6.17. The molecule has 4 heteroatoms. The lowest BCUT2D eigenvalue weighted by Crippen LogP contribution is -2.33. The van der Waals surface area contributed by atoms with Crippen molar-refractivity contribution in [2.75, 3.05) is 13.2 Å². The third kappa shape index (κ3) is 5.52. The number of nitrogens with two attached hydrogens (primary N) is 1. The molecule has 0 saturated heterocycles. The normalized spacial score (nSPS) is 11.2. The molecule has 0 bridgehead atoms. The molecule has 88 valence electrons. The summed E-state index contributed by atoms with van der Waals surface area (Å²) in [5, 5.41) is 0. The van der Waals surface area contributed by atoms with Gasteiger partial charge >= 0.3 is 5.97 Å². The Hall–Kier alpha value is -0.900. The maximum Gasteiger partial charge on any atom is 0.306 e. The Balaban J connectivity index is 3.99. The van der Waals surface area contributed by atoms with Gasteiger partial charge in [-0.3, -0.25) is 9.59 Å². The second-order valence-corrected chi connectivity index (χ2v) is 4.26. The van der Waals surface area contributed by atoms with E-state index in [0.717, 1.165) is 12.8 Å². The lowest BCUT2D eigenvalue weighted by Gasteiger charge is -2.20. The predicted molar refractivity (Wildman–Crippen MR) is 58.3 cm³/mol. The third-order valence-corrected chi connectivity index (χ3v) is 2.29. The van der Waals surface area contributed by atoms with Gasteiger partial charge in [-0.1, -0.05) is 27.2 Å². The zero-order valence-corrected chi connectivity index (χ0v) is 9.84. The maximum atomic E-state index is 11.4. The van der Waals surface area contributed by atoms with Crippen LogP contribution in [0.1, 0.15) is 40.0 Å². The molecule has 0 aliphatic rings. The molecule has 0 atom stereocenters. The number of carbonyl (C=O) groups is 2. The van der Waals surface area contributed by atoms with Crippen LogP contribution < -0.4 is 5.73 Å². The molecule has 0 unspecified atom stereocenters. The van der Waals surface area contributed by atoms with Gasteiger partial charge in [-0.05, 0) is 6.42 Å². The minimum atomic E-state index is -0.710. The molecule has 0 rings (SSSR count). The number of carbonyl (C=O) groups excluding carboxylic acids is 2. The van der Waals surface area contributed by atoms with Crippen LogP contribution in [0.2, 0.25) is 0 Å². The fourth-order valence-corrected chi connectivity index (χ4v) is 1.12. The van der Waals surface area contributed by atoms with Gasteiger partial charge in [0.1, 0.15) is 0 Å². The highest BCUT2D eigenvalue weighted by Gasteiger charge is 2.29. The Morgan fingerprint density at radius 2 is 1.93 bits per heavy atom. The zero-order valence-electron chi connectivity index (χ0n) is 9.84. The van der Waals surface area contributed by atoms with Crippen LogP contribution in [0.4, 0.5) is 0 Å². The number of ketones is 1. The summed E-state index contributed by atoms with van der Waals surface area (Å²) < 4.78 is 4.98. The van der Waals surface area contributed by atoms with Gasteiger partial charge in [-0.25, -0.2) is 0 Å². The van der Waals surface area contributed by atoms with Crippen LogP contribution in [-0.2, 0) is 14.3 Å². The molecular formula is C11H21NO3. The number of esters is 1. The van der Waals surface area contributed by atoms with Crippen LogP contribution in [0.3, 0.4) is 0 Å². The largest absolute Gasteiger partial charge is 0.466 e. The molecule has 4 nitrogen and oxygen atoms in total. The van der Waals surface area contributed by atoms with Crippen molar-refractivity contribution in [3.8, 4) is 0 Å². The topological polar surface area (TPSA) is 69.4 Å². The number of unbranched alkanes of at least 4 members (excludes halogenated alkanes) is 1. The van der Waals surface area contributed by atoms with E-state index in [9.17, 15) is 9.59 Å². The van der Waals surface area contributed by atoms with E-state index in [1.165, 1.54) is 0 Å². The molecule has 0 aromatic heterocycles. The Morgan fingerprint density at radius 3 is 2.40 bits per heavy atom. The Labute approximate surface area is 91.2 Å². The van der Waals surface area contributed by atoms with Crippen LogP contribution in [0.25, 0.3) is 0 Å². The zero-order chi connectivity index (χ0) is 11.9. The van der Waals surface area contributed by atoms with E-state index in [4.69, 9.17) is 10.5 Å². The quantitative estimate of drug-likeness (QED) is 0.513. The van der Waals surface area contributed by atoms with Gasteiger partial charge in [0, 0.05) is 5.41 Å². The molecule has 0 aromatic rings. The number of hydrogen-bond donors (Lipinski definition) is 1. The molecular weight excluding hydrogens is 194 g/mol. The first-order valence-corrected chi connectivity index (χ1v) is 5.33. The standard InChI is InChI=1S/C11H21NO3/c1-4-5-6-15-10(14)7-11(2,3)9(13)8-12/h4-8,12H2,1-3H3. The molecule has 0 radical (unpaired) electrons. The molecule has 0 saturated carbocycles. The SMILES string of the molecule is CCCCOC(=O)CC(C)(C)C(=O)CN. The summed E-state index contributed by atoms with van der Waals surface area (Å²) in [6, 6.07) is 0. The van der Waals surface area contributed by atoms with Gasteiger partial charge in [0.2, 0.25) is 0 Å². The van der Waals surface area contributed by atoms with Gasteiger partial charge in [0.15, 0.2) is 5.78 Å². The fourth-order valence-electron chi connectivity index (χ4n) is 1.12. The fraction of sp³-hybridized carbons (Fsp3) is 0.818. The van der Waals surface area contributed by atoms with Gasteiger partial charge < -0.3 is 10.5 Å².